The fourth-order valence-electron chi connectivity index (χ4n) is 1.90. The molecule has 0 aromatic heterocycles. The number of ether oxygens (including phenoxy) is 1. The van der Waals surface area contributed by atoms with E-state index in [9.17, 15) is 13.9 Å². The smallest absolute Gasteiger partial charge is 0.159 e. The highest BCUT2D eigenvalue weighted by molar-refractivity contribution is 9.10. The predicted molar refractivity (Wildman–Crippen MR) is 75.7 cm³/mol. The first-order valence-corrected chi connectivity index (χ1v) is 6.76. The van der Waals surface area contributed by atoms with Crippen LogP contribution >= 0.6 is 15.9 Å². The number of aliphatic hydroxyl groups is 1. The van der Waals surface area contributed by atoms with Crippen molar-refractivity contribution in [2.75, 3.05) is 7.11 Å². The molecule has 0 aliphatic heterocycles. The summed E-state index contributed by atoms with van der Waals surface area (Å²) in [5.74, 6) is -1.19. The molecule has 1 N–H and O–H groups in total. The largest absolute Gasteiger partial charge is 0.496 e. The molecule has 2 rings (SSSR count). The molecule has 2 aromatic carbocycles. The van der Waals surface area contributed by atoms with E-state index in [2.05, 4.69) is 15.9 Å². The molecule has 2 nitrogen and oxygen atoms in total. The monoisotopic (exact) mass is 342 g/mol. The minimum absolute atomic E-state index is 0.299. The van der Waals surface area contributed by atoms with Crippen LogP contribution in [0.1, 0.15) is 17.2 Å². The molecule has 0 spiro atoms. The fraction of sp³-hybridized carbons (Fsp3) is 0.200. The second kappa shape index (κ2) is 6.33. The molecule has 0 radical (unpaired) electrons. The highest BCUT2D eigenvalue weighted by atomic mass is 79.9. The van der Waals surface area contributed by atoms with Crippen molar-refractivity contribution in [3.05, 3.63) is 63.6 Å². The van der Waals surface area contributed by atoms with Crippen LogP contribution in [-0.2, 0) is 6.42 Å². The van der Waals surface area contributed by atoms with Crippen LogP contribution in [-0.4, -0.2) is 12.2 Å². The normalized spacial score (nSPS) is 12.2. The average molecular weight is 343 g/mol. The van der Waals surface area contributed by atoms with Crippen LogP contribution in [0.2, 0.25) is 0 Å². The molecule has 1 unspecified atom stereocenters. The van der Waals surface area contributed by atoms with Crippen molar-refractivity contribution in [2.24, 2.45) is 0 Å². The van der Waals surface area contributed by atoms with Gasteiger partial charge in [0.2, 0.25) is 0 Å². The maximum atomic E-state index is 13.1. The van der Waals surface area contributed by atoms with E-state index in [4.69, 9.17) is 4.74 Å². The quantitative estimate of drug-likeness (QED) is 0.909. The van der Waals surface area contributed by atoms with Gasteiger partial charge in [0.1, 0.15) is 5.75 Å². The second-order valence-corrected chi connectivity index (χ2v) is 5.22. The molecule has 0 amide bonds. The van der Waals surface area contributed by atoms with Crippen molar-refractivity contribution < 1.29 is 18.6 Å². The zero-order valence-electron chi connectivity index (χ0n) is 10.7. The first kappa shape index (κ1) is 14.9. The third kappa shape index (κ3) is 3.35. The van der Waals surface area contributed by atoms with Crippen LogP contribution in [0.15, 0.2) is 40.9 Å². The molecule has 5 heteroatoms. The van der Waals surface area contributed by atoms with Crippen LogP contribution in [0, 0.1) is 11.6 Å². The number of hydrogen-bond acceptors (Lipinski definition) is 2. The van der Waals surface area contributed by atoms with Gasteiger partial charge in [-0.1, -0.05) is 12.1 Å². The highest BCUT2D eigenvalue weighted by Crippen LogP contribution is 2.28. The van der Waals surface area contributed by atoms with E-state index in [0.29, 0.717) is 17.7 Å². The fourth-order valence-corrected chi connectivity index (χ4v) is 2.49. The van der Waals surface area contributed by atoms with Crippen LogP contribution in [0.5, 0.6) is 5.75 Å². The summed E-state index contributed by atoms with van der Waals surface area (Å²) in [4.78, 5) is 0. The lowest BCUT2D eigenvalue weighted by Gasteiger charge is -2.12. The highest BCUT2D eigenvalue weighted by Gasteiger charge is 2.12. The van der Waals surface area contributed by atoms with Crippen molar-refractivity contribution in [1.82, 2.24) is 0 Å². The molecular formula is C15H13BrF2O2. The van der Waals surface area contributed by atoms with Gasteiger partial charge in [0.25, 0.3) is 0 Å². The van der Waals surface area contributed by atoms with Gasteiger partial charge >= 0.3 is 0 Å². The van der Waals surface area contributed by atoms with Crippen molar-refractivity contribution in [1.29, 1.82) is 0 Å². The lowest BCUT2D eigenvalue weighted by molar-refractivity contribution is 0.177. The Bertz CT molecular complexity index is 617. The first-order chi connectivity index (χ1) is 9.51. The van der Waals surface area contributed by atoms with Crippen molar-refractivity contribution in [3.63, 3.8) is 0 Å². The van der Waals surface area contributed by atoms with Crippen molar-refractivity contribution in [3.8, 4) is 5.75 Å². The number of aliphatic hydroxyl groups excluding tert-OH is 1. The maximum absolute atomic E-state index is 13.1. The minimum atomic E-state index is -0.961. The standard InChI is InChI=1S/C15H13BrF2O2/c1-20-15-5-2-9(6-11(15)16)7-14(19)10-3-4-12(17)13(18)8-10/h2-6,8,14,19H,7H2,1H3. The summed E-state index contributed by atoms with van der Waals surface area (Å²) in [6.45, 7) is 0. The molecule has 0 aliphatic carbocycles. The van der Waals surface area contributed by atoms with E-state index in [1.165, 1.54) is 6.07 Å². The van der Waals surface area contributed by atoms with Gasteiger partial charge in [-0.25, -0.2) is 8.78 Å². The van der Waals surface area contributed by atoms with Gasteiger partial charge in [-0.05, 0) is 51.3 Å². The third-order valence-corrected chi connectivity index (χ3v) is 3.59. The molecular weight excluding hydrogens is 330 g/mol. The second-order valence-electron chi connectivity index (χ2n) is 4.36. The minimum Gasteiger partial charge on any atom is -0.496 e. The van der Waals surface area contributed by atoms with Gasteiger partial charge in [0.15, 0.2) is 11.6 Å². The number of hydrogen-bond donors (Lipinski definition) is 1. The molecule has 2 aromatic rings. The van der Waals surface area contributed by atoms with E-state index >= 15 is 0 Å². The van der Waals surface area contributed by atoms with Gasteiger partial charge in [0.05, 0.1) is 17.7 Å². The Labute approximate surface area is 124 Å². The Morgan fingerprint density at radius 3 is 2.50 bits per heavy atom. The van der Waals surface area contributed by atoms with E-state index in [1.54, 1.807) is 13.2 Å². The first-order valence-electron chi connectivity index (χ1n) is 5.96. The topological polar surface area (TPSA) is 29.5 Å². The summed E-state index contributed by atoms with van der Waals surface area (Å²) in [7, 11) is 1.57. The SMILES string of the molecule is COc1ccc(CC(O)c2ccc(F)c(F)c2)cc1Br. The molecule has 0 fully saturated rings. The van der Waals surface area contributed by atoms with Crippen LogP contribution in [0.4, 0.5) is 8.78 Å². The Morgan fingerprint density at radius 2 is 1.90 bits per heavy atom. The Hall–Kier alpha value is -1.46. The number of benzene rings is 2. The van der Waals surface area contributed by atoms with E-state index in [1.807, 2.05) is 12.1 Å². The Kier molecular flexibility index (Phi) is 4.73. The lowest BCUT2D eigenvalue weighted by Crippen LogP contribution is -2.03. The summed E-state index contributed by atoms with van der Waals surface area (Å²) < 4.78 is 31.9. The number of methoxy groups -OCH3 is 1. The molecule has 1 atom stereocenters. The van der Waals surface area contributed by atoms with Gasteiger partial charge < -0.3 is 9.84 Å². The molecule has 0 saturated carbocycles. The van der Waals surface area contributed by atoms with Crippen LogP contribution in [0.25, 0.3) is 0 Å². The summed E-state index contributed by atoms with van der Waals surface area (Å²) in [6, 6.07) is 8.81. The lowest BCUT2D eigenvalue weighted by atomic mass is 10.0. The average Bonchev–Trinajstić information content (AvgIpc) is 2.42. The van der Waals surface area contributed by atoms with E-state index < -0.39 is 17.7 Å². The molecule has 106 valence electrons. The zero-order chi connectivity index (χ0) is 14.7. The van der Waals surface area contributed by atoms with E-state index in [0.717, 1.165) is 22.2 Å². The summed E-state index contributed by atoms with van der Waals surface area (Å²) >= 11 is 3.36. The van der Waals surface area contributed by atoms with Gasteiger partial charge in [-0.15, -0.1) is 0 Å². The molecule has 0 aliphatic rings. The molecule has 0 saturated heterocycles. The maximum Gasteiger partial charge on any atom is 0.159 e. The van der Waals surface area contributed by atoms with Crippen molar-refractivity contribution >= 4 is 15.9 Å². The van der Waals surface area contributed by atoms with Crippen molar-refractivity contribution in [2.45, 2.75) is 12.5 Å². The molecule has 0 heterocycles. The van der Waals surface area contributed by atoms with E-state index in [-0.39, 0.29) is 0 Å². The zero-order valence-corrected chi connectivity index (χ0v) is 12.3. The van der Waals surface area contributed by atoms with Gasteiger partial charge in [-0.3, -0.25) is 0 Å². The summed E-state index contributed by atoms with van der Waals surface area (Å²) in [6.07, 6.45) is -0.599. The van der Waals surface area contributed by atoms with Gasteiger partial charge in [0, 0.05) is 6.42 Å². The van der Waals surface area contributed by atoms with Crippen LogP contribution < -0.4 is 4.74 Å². The Balaban J connectivity index is 2.16. The number of halogens is 3. The molecule has 0 bridgehead atoms. The third-order valence-electron chi connectivity index (χ3n) is 2.97. The van der Waals surface area contributed by atoms with Gasteiger partial charge in [-0.2, -0.15) is 0 Å². The number of rotatable bonds is 4. The predicted octanol–water partition coefficient (Wildman–Crippen LogP) is 4.01. The van der Waals surface area contributed by atoms with Crippen LogP contribution in [0.3, 0.4) is 0 Å². The summed E-state index contributed by atoms with van der Waals surface area (Å²) in [5.41, 5.74) is 1.20. The summed E-state index contributed by atoms with van der Waals surface area (Å²) in [5, 5.41) is 10.1. The molecule has 20 heavy (non-hydrogen) atoms. The Morgan fingerprint density at radius 1 is 1.15 bits per heavy atom.